The fraction of sp³-hybridized carbons (Fsp3) is 0.308. The minimum atomic E-state index is -0.222. The molecule has 2 rings (SSSR count). The quantitative estimate of drug-likeness (QED) is 0.615. The Kier molecular flexibility index (Phi) is 6.53. The van der Waals surface area contributed by atoms with Gasteiger partial charge in [0, 0.05) is 11.4 Å². The minimum absolute atomic E-state index is 0.222. The van der Waals surface area contributed by atoms with Gasteiger partial charge in [-0.25, -0.2) is 0 Å². The highest BCUT2D eigenvalue weighted by Gasteiger charge is 1.95. The topological polar surface area (TPSA) is 73.6 Å². The van der Waals surface area contributed by atoms with Gasteiger partial charge in [-0.2, -0.15) is 0 Å². The van der Waals surface area contributed by atoms with Gasteiger partial charge in [0.1, 0.15) is 0 Å². The molecule has 0 spiro atoms. The summed E-state index contributed by atoms with van der Waals surface area (Å²) >= 11 is 0. The SMILES string of the molecule is C1COCCO1.C=CC(=O)Nc1ccc(N)cc1. The van der Waals surface area contributed by atoms with Crippen LogP contribution in [-0.4, -0.2) is 32.3 Å². The van der Waals surface area contributed by atoms with Crippen molar-refractivity contribution in [2.24, 2.45) is 0 Å². The number of hydrogen-bond donors (Lipinski definition) is 2. The number of amides is 1. The molecule has 0 aromatic heterocycles. The Balaban J connectivity index is 0.000000225. The summed E-state index contributed by atoms with van der Waals surface area (Å²) in [6, 6.07) is 6.91. The highest BCUT2D eigenvalue weighted by atomic mass is 16.6. The predicted octanol–water partition coefficient (Wildman–Crippen LogP) is 1.43. The second kappa shape index (κ2) is 8.27. The number of benzene rings is 1. The van der Waals surface area contributed by atoms with E-state index in [4.69, 9.17) is 15.2 Å². The van der Waals surface area contributed by atoms with Crippen LogP contribution in [0, 0.1) is 0 Å². The third-order valence-electron chi connectivity index (χ3n) is 2.11. The monoisotopic (exact) mass is 250 g/mol. The van der Waals surface area contributed by atoms with Crippen molar-refractivity contribution in [1.82, 2.24) is 0 Å². The average molecular weight is 250 g/mol. The van der Waals surface area contributed by atoms with Gasteiger partial charge in [0.25, 0.3) is 0 Å². The van der Waals surface area contributed by atoms with E-state index in [1.54, 1.807) is 24.3 Å². The highest BCUT2D eigenvalue weighted by molar-refractivity contribution is 5.98. The van der Waals surface area contributed by atoms with Crippen molar-refractivity contribution < 1.29 is 14.3 Å². The van der Waals surface area contributed by atoms with E-state index in [0.29, 0.717) is 11.4 Å². The lowest BCUT2D eigenvalue weighted by Gasteiger charge is -2.09. The molecule has 98 valence electrons. The Morgan fingerprint density at radius 3 is 2.06 bits per heavy atom. The van der Waals surface area contributed by atoms with Crippen molar-refractivity contribution in [2.75, 3.05) is 37.5 Å². The molecule has 1 amide bonds. The summed E-state index contributed by atoms with van der Waals surface area (Å²) in [5.74, 6) is -0.222. The zero-order valence-electron chi connectivity index (χ0n) is 10.2. The number of carbonyl (C=O) groups excluding carboxylic acids is 1. The van der Waals surface area contributed by atoms with Gasteiger partial charge in [-0.15, -0.1) is 0 Å². The molecular formula is C13H18N2O3. The molecule has 5 heteroatoms. The second-order valence-corrected chi connectivity index (χ2v) is 3.54. The summed E-state index contributed by atoms with van der Waals surface area (Å²) in [4.78, 5) is 10.8. The maximum absolute atomic E-state index is 10.8. The van der Waals surface area contributed by atoms with Crippen LogP contribution in [0.25, 0.3) is 0 Å². The van der Waals surface area contributed by atoms with Crippen molar-refractivity contribution in [1.29, 1.82) is 0 Å². The van der Waals surface area contributed by atoms with Gasteiger partial charge in [0.15, 0.2) is 0 Å². The first-order valence-corrected chi connectivity index (χ1v) is 5.67. The maximum atomic E-state index is 10.8. The van der Waals surface area contributed by atoms with Crippen molar-refractivity contribution in [2.45, 2.75) is 0 Å². The zero-order valence-corrected chi connectivity index (χ0v) is 10.2. The Morgan fingerprint density at radius 2 is 1.67 bits per heavy atom. The van der Waals surface area contributed by atoms with Gasteiger partial charge in [-0.3, -0.25) is 4.79 Å². The lowest BCUT2D eigenvalue weighted by atomic mass is 10.3. The first kappa shape index (κ1) is 14.2. The minimum Gasteiger partial charge on any atom is -0.399 e. The van der Waals surface area contributed by atoms with Crippen molar-refractivity contribution >= 4 is 17.3 Å². The van der Waals surface area contributed by atoms with E-state index in [-0.39, 0.29) is 5.91 Å². The number of nitrogen functional groups attached to an aromatic ring is 1. The average Bonchev–Trinajstić information content (AvgIpc) is 2.44. The van der Waals surface area contributed by atoms with Crippen LogP contribution in [-0.2, 0) is 14.3 Å². The van der Waals surface area contributed by atoms with Crippen molar-refractivity contribution in [3.8, 4) is 0 Å². The van der Waals surface area contributed by atoms with Crippen molar-refractivity contribution in [3.05, 3.63) is 36.9 Å². The summed E-state index contributed by atoms with van der Waals surface area (Å²) in [5, 5.41) is 2.61. The molecule has 1 aliphatic heterocycles. The molecule has 1 aromatic carbocycles. The molecule has 18 heavy (non-hydrogen) atoms. The second-order valence-electron chi connectivity index (χ2n) is 3.54. The molecule has 0 bridgehead atoms. The van der Waals surface area contributed by atoms with Crippen LogP contribution in [0.4, 0.5) is 11.4 Å². The number of nitrogens with one attached hydrogen (secondary N) is 1. The number of anilines is 2. The molecule has 1 aromatic rings. The van der Waals surface area contributed by atoms with E-state index in [9.17, 15) is 4.79 Å². The summed E-state index contributed by atoms with van der Waals surface area (Å²) in [7, 11) is 0. The standard InChI is InChI=1S/C9H10N2O.C4H8O2/c1-2-9(12)11-8-5-3-7(10)4-6-8;1-2-6-4-3-5-1/h2-6H,1,10H2,(H,11,12);1-4H2. The number of rotatable bonds is 2. The smallest absolute Gasteiger partial charge is 0.247 e. The van der Waals surface area contributed by atoms with Crippen LogP contribution in [0.15, 0.2) is 36.9 Å². The van der Waals surface area contributed by atoms with Crippen LogP contribution in [0.1, 0.15) is 0 Å². The van der Waals surface area contributed by atoms with E-state index < -0.39 is 0 Å². The number of carbonyl (C=O) groups is 1. The molecule has 0 aliphatic carbocycles. The Bertz CT molecular complexity index is 361. The van der Waals surface area contributed by atoms with Gasteiger partial charge in [0.05, 0.1) is 26.4 Å². The van der Waals surface area contributed by atoms with Crippen LogP contribution < -0.4 is 11.1 Å². The first-order valence-electron chi connectivity index (χ1n) is 5.67. The summed E-state index contributed by atoms with van der Waals surface area (Å²) < 4.78 is 9.89. The molecule has 1 fully saturated rings. The molecular weight excluding hydrogens is 232 g/mol. The van der Waals surface area contributed by atoms with Crippen LogP contribution in [0.3, 0.4) is 0 Å². The normalized spacial score (nSPS) is 14.0. The highest BCUT2D eigenvalue weighted by Crippen LogP contribution is 2.09. The van der Waals surface area contributed by atoms with Gasteiger partial charge < -0.3 is 20.5 Å². The van der Waals surface area contributed by atoms with E-state index in [1.165, 1.54) is 6.08 Å². The zero-order chi connectivity index (χ0) is 13.2. The molecule has 3 N–H and O–H groups in total. The maximum Gasteiger partial charge on any atom is 0.247 e. The molecule has 0 saturated carbocycles. The Hall–Kier alpha value is -1.85. The first-order chi connectivity index (χ1) is 8.72. The molecule has 1 heterocycles. The van der Waals surface area contributed by atoms with Gasteiger partial charge >= 0.3 is 0 Å². The number of nitrogens with two attached hydrogens (primary N) is 1. The molecule has 1 saturated heterocycles. The predicted molar refractivity (Wildman–Crippen MR) is 71.3 cm³/mol. The molecule has 5 nitrogen and oxygen atoms in total. The third-order valence-corrected chi connectivity index (χ3v) is 2.11. The number of hydrogen-bond acceptors (Lipinski definition) is 4. The van der Waals surface area contributed by atoms with E-state index in [0.717, 1.165) is 26.4 Å². The van der Waals surface area contributed by atoms with E-state index >= 15 is 0 Å². The largest absolute Gasteiger partial charge is 0.399 e. The number of ether oxygens (including phenoxy) is 2. The molecule has 0 atom stereocenters. The summed E-state index contributed by atoms with van der Waals surface area (Å²) in [6.45, 7) is 6.45. The van der Waals surface area contributed by atoms with E-state index in [1.807, 2.05) is 0 Å². The molecule has 1 aliphatic rings. The summed E-state index contributed by atoms with van der Waals surface area (Å²) in [5.41, 5.74) is 6.85. The fourth-order valence-corrected chi connectivity index (χ4v) is 1.20. The molecule has 0 unspecified atom stereocenters. The lowest BCUT2D eigenvalue weighted by Crippen LogP contribution is -2.16. The summed E-state index contributed by atoms with van der Waals surface area (Å²) in [6.07, 6.45) is 1.22. The van der Waals surface area contributed by atoms with Crippen molar-refractivity contribution in [3.63, 3.8) is 0 Å². The van der Waals surface area contributed by atoms with Crippen LogP contribution >= 0.6 is 0 Å². The Morgan fingerprint density at radius 1 is 1.17 bits per heavy atom. The lowest BCUT2D eigenvalue weighted by molar-refractivity contribution is -0.111. The fourth-order valence-electron chi connectivity index (χ4n) is 1.20. The van der Waals surface area contributed by atoms with Crippen LogP contribution in [0.2, 0.25) is 0 Å². The Labute approximate surface area is 107 Å². The van der Waals surface area contributed by atoms with Gasteiger partial charge in [0.2, 0.25) is 5.91 Å². The molecule has 0 radical (unpaired) electrons. The van der Waals surface area contributed by atoms with Gasteiger partial charge in [-0.1, -0.05) is 6.58 Å². The van der Waals surface area contributed by atoms with E-state index in [2.05, 4.69) is 11.9 Å². The van der Waals surface area contributed by atoms with Gasteiger partial charge in [-0.05, 0) is 30.3 Å². The third kappa shape index (κ3) is 6.03. The van der Waals surface area contributed by atoms with Crippen LogP contribution in [0.5, 0.6) is 0 Å².